The molecular weight excluding hydrogens is 536 g/mol. The van der Waals surface area contributed by atoms with Crippen LogP contribution < -0.4 is 9.47 Å². The Kier molecular flexibility index (Phi) is 11.2. The molecule has 3 atom stereocenters. The highest BCUT2D eigenvalue weighted by Gasteiger charge is 2.40. The zero-order valence-corrected chi connectivity index (χ0v) is 24.9. The van der Waals surface area contributed by atoms with Crippen molar-refractivity contribution < 1.29 is 33.6 Å². The number of pyridine rings is 1. The normalized spacial score (nSPS) is 18.9. The van der Waals surface area contributed by atoms with E-state index < -0.39 is 23.9 Å². The summed E-state index contributed by atoms with van der Waals surface area (Å²) in [6.45, 7) is 7.72. The number of amides is 1. The van der Waals surface area contributed by atoms with Gasteiger partial charge < -0.3 is 33.7 Å². The minimum atomic E-state index is -0.841. The number of nitrogens with zero attached hydrogens (tertiary/aromatic N) is 2. The fourth-order valence-electron chi connectivity index (χ4n) is 4.88. The Hall–Kier alpha value is -3.66. The largest absolute Gasteiger partial charge is 0.496 e. The van der Waals surface area contributed by atoms with Gasteiger partial charge in [-0.1, -0.05) is 36.4 Å². The Bertz CT molecular complexity index is 1250. The van der Waals surface area contributed by atoms with Crippen molar-refractivity contribution in [1.82, 2.24) is 9.88 Å². The number of likely N-dealkylation sites (tertiary alicyclic amines) is 1. The van der Waals surface area contributed by atoms with E-state index in [4.69, 9.17) is 23.7 Å². The second kappa shape index (κ2) is 15.0. The molecule has 1 aliphatic heterocycles. The predicted molar refractivity (Wildman–Crippen MR) is 159 cm³/mol. The van der Waals surface area contributed by atoms with Crippen molar-refractivity contribution in [2.45, 2.75) is 64.1 Å². The first-order valence-electron chi connectivity index (χ1n) is 14.3. The van der Waals surface area contributed by atoms with Crippen molar-refractivity contribution in [3.63, 3.8) is 0 Å². The molecule has 1 aliphatic rings. The predicted octanol–water partition coefficient (Wildman–Crippen LogP) is 5.36. The minimum Gasteiger partial charge on any atom is -0.496 e. The number of hydrogen-bond donors (Lipinski definition) is 1. The second-order valence-corrected chi connectivity index (χ2v) is 11.3. The number of β-amino-alcohol motifs (C(OH)–C–C–N with tert-alkyl or cyclic N) is 1. The van der Waals surface area contributed by atoms with Crippen LogP contribution in [0.4, 0.5) is 4.79 Å². The van der Waals surface area contributed by atoms with Gasteiger partial charge in [0.1, 0.15) is 17.1 Å². The number of benzene rings is 2. The van der Waals surface area contributed by atoms with Gasteiger partial charge in [0.2, 0.25) is 0 Å². The quantitative estimate of drug-likeness (QED) is 0.287. The van der Waals surface area contributed by atoms with E-state index in [1.807, 2.05) is 87.5 Å². The number of hydrogen-bond acceptors (Lipinski definition) is 8. The van der Waals surface area contributed by atoms with Gasteiger partial charge in [-0.3, -0.25) is 4.98 Å². The average Bonchev–Trinajstić information content (AvgIpc) is 2.98. The first-order valence-corrected chi connectivity index (χ1v) is 14.3. The molecule has 4 rings (SSSR count). The molecule has 1 aromatic heterocycles. The summed E-state index contributed by atoms with van der Waals surface area (Å²) in [5.41, 5.74) is 2.05. The zero-order valence-electron chi connectivity index (χ0n) is 24.9. The summed E-state index contributed by atoms with van der Waals surface area (Å²) in [4.78, 5) is 18.7. The number of aliphatic hydroxyl groups excluding tert-OH is 1. The van der Waals surface area contributed by atoms with Gasteiger partial charge in [0.25, 0.3) is 0 Å². The van der Waals surface area contributed by atoms with Crippen molar-refractivity contribution in [2.75, 3.05) is 33.4 Å². The van der Waals surface area contributed by atoms with Crippen LogP contribution in [0.1, 0.15) is 49.9 Å². The Morgan fingerprint density at radius 3 is 2.45 bits per heavy atom. The number of aliphatic hydroxyl groups is 1. The maximum atomic E-state index is 12.8. The maximum absolute atomic E-state index is 12.8. The molecule has 0 bridgehead atoms. The van der Waals surface area contributed by atoms with Crippen LogP contribution in [0.2, 0.25) is 0 Å². The fraction of sp³-hybridized carbons (Fsp3) is 0.455. The third-order valence-corrected chi connectivity index (χ3v) is 6.86. The molecule has 0 saturated carbocycles. The minimum absolute atomic E-state index is 0.149. The van der Waals surface area contributed by atoms with Crippen LogP contribution in [-0.2, 0) is 27.4 Å². The molecule has 0 aliphatic carbocycles. The summed E-state index contributed by atoms with van der Waals surface area (Å²) in [5.74, 6) is 1.21. The summed E-state index contributed by atoms with van der Waals surface area (Å²) in [6.07, 6.45) is 0.677. The van der Waals surface area contributed by atoms with Crippen LogP contribution in [0.5, 0.6) is 11.5 Å². The van der Waals surface area contributed by atoms with Gasteiger partial charge in [-0.25, -0.2) is 4.79 Å². The highest BCUT2D eigenvalue weighted by Crippen LogP contribution is 2.33. The number of methoxy groups -OCH3 is 1. The Labute approximate surface area is 248 Å². The van der Waals surface area contributed by atoms with E-state index >= 15 is 0 Å². The molecule has 2 aromatic carbocycles. The number of ether oxygens (including phenoxy) is 5. The first-order chi connectivity index (χ1) is 20.2. The molecule has 3 unspecified atom stereocenters. The number of para-hydroxylation sites is 1. The van der Waals surface area contributed by atoms with Gasteiger partial charge >= 0.3 is 6.09 Å². The Morgan fingerprint density at radius 1 is 0.976 bits per heavy atom. The monoisotopic (exact) mass is 578 g/mol. The lowest BCUT2D eigenvalue weighted by Gasteiger charge is -2.42. The van der Waals surface area contributed by atoms with E-state index in [0.717, 1.165) is 34.7 Å². The van der Waals surface area contributed by atoms with Crippen molar-refractivity contribution in [1.29, 1.82) is 0 Å². The van der Waals surface area contributed by atoms with Crippen molar-refractivity contribution in [3.05, 3.63) is 89.7 Å². The maximum Gasteiger partial charge on any atom is 0.410 e. The van der Waals surface area contributed by atoms with Gasteiger partial charge in [0, 0.05) is 24.1 Å². The molecule has 9 heteroatoms. The van der Waals surface area contributed by atoms with Gasteiger partial charge in [0.05, 0.1) is 64.5 Å². The third kappa shape index (κ3) is 9.17. The SMILES string of the molecule is COc1ccccc1COCCCOc1ccc(C2C(O)CN(C(=O)OC(C)(C)C)CC2OCc2ccccn2)cc1. The summed E-state index contributed by atoms with van der Waals surface area (Å²) >= 11 is 0. The van der Waals surface area contributed by atoms with Gasteiger partial charge in [-0.05, 0) is 56.7 Å². The molecule has 42 heavy (non-hydrogen) atoms. The number of rotatable bonds is 12. The topological polar surface area (TPSA) is 99.6 Å². The standard InChI is InChI=1S/C33H42N2O7/c1-33(2,3)42-32(37)35-20-28(36)31(30(21-35)41-23-26-11-7-8-17-34-26)24-13-15-27(16-14-24)40-19-9-18-39-22-25-10-5-6-12-29(25)38-4/h5-8,10-17,28,30-31,36H,9,18-23H2,1-4H3. The van der Waals surface area contributed by atoms with Crippen molar-refractivity contribution in [3.8, 4) is 11.5 Å². The smallest absolute Gasteiger partial charge is 0.410 e. The van der Waals surface area contributed by atoms with E-state index in [2.05, 4.69) is 4.98 Å². The van der Waals surface area contributed by atoms with Crippen LogP contribution in [0.25, 0.3) is 0 Å². The number of carbonyl (C=O) groups is 1. The second-order valence-electron chi connectivity index (χ2n) is 11.3. The summed E-state index contributed by atoms with van der Waals surface area (Å²) in [5, 5.41) is 11.2. The molecule has 1 amide bonds. The van der Waals surface area contributed by atoms with Crippen LogP contribution in [0, 0.1) is 0 Å². The van der Waals surface area contributed by atoms with Crippen LogP contribution in [0.3, 0.4) is 0 Å². The molecular formula is C33H42N2O7. The summed E-state index contributed by atoms with van der Waals surface area (Å²) in [6, 6.07) is 21.1. The van der Waals surface area contributed by atoms with E-state index in [1.54, 1.807) is 13.3 Å². The molecule has 1 N–H and O–H groups in total. The molecule has 1 saturated heterocycles. The molecule has 9 nitrogen and oxygen atoms in total. The Balaban J connectivity index is 1.33. The molecule has 3 aromatic rings. The summed E-state index contributed by atoms with van der Waals surface area (Å²) < 4.78 is 28.9. The highest BCUT2D eigenvalue weighted by atomic mass is 16.6. The van der Waals surface area contributed by atoms with E-state index in [1.165, 1.54) is 4.90 Å². The van der Waals surface area contributed by atoms with Gasteiger partial charge in [0.15, 0.2) is 0 Å². The lowest BCUT2D eigenvalue weighted by atomic mass is 9.84. The lowest BCUT2D eigenvalue weighted by Crippen LogP contribution is -2.54. The van der Waals surface area contributed by atoms with Gasteiger partial charge in [-0.2, -0.15) is 0 Å². The van der Waals surface area contributed by atoms with Crippen LogP contribution in [0.15, 0.2) is 72.9 Å². The molecule has 0 spiro atoms. The van der Waals surface area contributed by atoms with E-state index in [9.17, 15) is 9.90 Å². The molecule has 226 valence electrons. The summed E-state index contributed by atoms with van der Waals surface area (Å²) in [7, 11) is 1.65. The van der Waals surface area contributed by atoms with Crippen molar-refractivity contribution >= 4 is 6.09 Å². The van der Waals surface area contributed by atoms with E-state index in [-0.39, 0.29) is 25.6 Å². The number of piperidine rings is 1. The molecule has 1 fully saturated rings. The molecule has 0 radical (unpaired) electrons. The number of aromatic nitrogens is 1. The zero-order chi connectivity index (χ0) is 30.0. The van der Waals surface area contributed by atoms with Gasteiger partial charge in [-0.15, -0.1) is 0 Å². The van der Waals surface area contributed by atoms with Crippen molar-refractivity contribution in [2.24, 2.45) is 0 Å². The van der Waals surface area contributed by atoms with Crippen LogP contribution in [-0.4, -0.2) is 72.3 Å². The fourth-order valence-corrected chi connectivity index (χ4v) is 4.88. The molecule has 2 heterocycles. The first kappa shape index (κ1) is 31.3. The lowest BCUT2D eigenvalue weighted by molar-refractivity contribution is -0.0761. The average molecular weight is 579 g/mol. The Morgan fingerprint density at radius 2 is 1.74 bits per heavy atom. The number of carbonyl (C=O) groups excluding carboxylic acids is 1. The highest BCUT2D eigenvalue weighted by molar-refractivity contribution is 5.68. The third-order valence-electron chi connectivity index (χ3n) is 6.86. The van der Waals surface area contributed by atoms with Crippen LogP contribution >= 0.6 is 0 Å². The van der Waals surface area contributed by atoms with E-state index in [0.29, 0.717) is 19.8 Å².